The number of carbonyl (C=O) groups excluding carboxylic acids is 1. The SMILES string of the molecule is Cc1cc2nc(C)c(CCC(=O)NCCCN3CCC(C)CC3)c(C)n2n1. The zero-order valence-corrected chi connectivity index (χ0v) is 17.2. The van der Waals surface area contributed by atoms with Crippen LogP contribution in [0, 0.1) is 26.7 Å². The van der Waals surface area contributed by atoms with Crippen molar-refractivity contribution in [3.8, 4) is 0 Å². The highest BCUT2D eigenvalue weighted by molar-refractivity contribution is 5.76. The summed E-state index contributed by atoms with van der Waals surface area (Å²) in [6.07, 6.45) is 4.84. The first-order valence-corrected chi connectivity index (χ1v) is 10.3. The van der Waals surface area contributed by atoms with Gasteiger partial charge < -0.3 is 10.2 Å². The molecule has 1 N–H and O–H groups in total. The average Bonchev–Trinajstić information content (AvgIpc) is 3.00. The molecule has 0 atom stereocenters. The molecule has 0 aliphatic carbocycles. The molecule has 27 heavy (non-hydrogen) atoms. The van der Waals surface area contributed by atoms with Gasteiger partial charge in [-0.2, -0.15) is 5.10 Å². The fourth-order valence-corrected chi connectivity index (χ4v) is 3.95. The molecule has 1 amide bonds. The van der Waals surface area contributed by atoms with Crippen LogP contribution in [-0.4, -0.2) is 51.6 Å². The van der Waals surface area contributed by atoms with E-state index in [0.717, 1.165) is 53.7 Å². The number of likely N-dealkylation sites (tertiary alicyclic amines) is 1. The van der Waals surface area contributed by atoms with Crippen LogP contribution in [0.2, 0.25) is 0 Å². The highest BCUT2D eigenvalue weighted by Gasteiger charge is 2.15. The van der Waals surface area contributed by atoms with Gasteiger partial charge in [0.2, 0.25) is 5.91 Å². The van der Waals surface area contributed by atoms with E-state index in [9.17, 15) is 4.79 Å². The van der Waals surface area contributed by atoms with E-state index in [1.54, 1.807) is 0 Å². The Hall–Kier alpha value is -1.95. The number of rotatable bonds is 7. The zero-order chi connectivity index (χ0) is 19.4. The van der Waals surface area contributed by atoms with Crippen molar-refractivity contribution in [1.29, 1.82) is 0 Å². The Morgan fingerprint density at radius 2 is 2.00 bits per heavy atom. The molecule has 0 saturated carbocycles. The van der Waals surface area contributed by atoms with Crippen molar-refractivity contribution in [3.05, 3.63) is 28.7 Å². The lowest BCUT2D eigenvalue weighted by atomic mass is 9.99. The maximum atomic E-state index is 12.2. The molecule has 2 aromatic rings. The number of hydrogen-bond donors (Lipinski definition) is 1. The minimum Gasteiger partial charge on any atom is -0.356 e. The maximum Gasteiger partial charge on any atom is 0.220 e. The molecule has 2 aromatic heterocycles. The van der Waals surface area contributed by atoms with Crippen molar-refractivity contribution < 1.29 is 4.79 Å². The molecule has 148 valence electrons. The molecule has 0 spiro atoms. The van der Waals surface area contributed by atoms with Crippen LogP contribution >= 0.6 is 0 Å². The Morgan fingerprint density at radius 1 is 1.26 bits per heavy atom. The Bertz CT molecular complexity index is 789. The van der Waals surface area contributed by atoms with Gasteiger partial charge in [0.25, 0.3) is 0 Å². The highest BCUT2D eigenvalue weighted by atomic mass is 16.1. The topological polar surface area (TPSA) is 62.5 Å². The molecular weight excluding hydrogens is 338 g/mol. The van der Waals surface area contributed by atoms with E-state index in [1.165, 1.54) is 25.9 Å². The van der Waals surface area contributed by atoms with Crippen LogP contribution in [0.3, 0.4) is 0 Å². The highest BCUT2D eigenvalue weighted by Crippen LogP contribution is 2.17. The van der Waals surface area contributed by atoms with Crippen molar-refractivity contribution in [2.24, 2.45) is 5.92 Å². The third-order valence-electron chi connectivity index (χ3n) is 5.74. The summed E-state index contributed by atoms with van der Waals surface area (Å²) >= 11 is 0. The van der Waals surface area contributed by atoms with Gasteiger partial charge in [-0.15, -0.1) is 0 Å². The zero-order valence-electron chi connectivity index (χ0n) is 17.2. The van der Waals surface area contributed by atoms with Crippen molar-refractivity contribution >= 4 is 11.6 Å². The molecule has 3 rings (SSSR count). The van der Waals surface area contributed by atoms with Gasteiger partial charge >= 0.3 is 0 Å². The first-order valence-electron chi connectivity index (χ1n) is 10.3. The van der Waals surface area contributed by atoms with Crippen LogP contribution in [0.4, 0.5) is 0 Å². The van der Waals surface area contributed by atoms with Gasteiger partial charge in [-0.25, -0.2) is 9.50 Å². The maximum absolute atomic E-state index is 12.2. The lowest BCUT2D eigenvalue weighted by molar-refractivity contribution is -0.121. The molecule has 1 fully saturated rings. The summed E-state index contributed by atoms with van der Waals surface area (Å²) in [5.41, 5.74) is 5.04. The fourth-order valence-electron chi connectivity index (χ4n) is 3.95. The van der Waals surface area contributed by atoms with E-state index in [0.29, 0.717) is 12.8 Å². The van der Waals surface area contributed by atoms with Crippen LogP contribution in [0.15, 0.2) is 6.07 Å². The van der Waals surface area contributed by atoms with Gasteiger partial charge in [-0.05, 0) is 77.6 Å². The minimum atomic E-state index is 0.123. The molecule has 3 heterocycles. The quantitative estimate of drug-likeness (QED) is 0.760. The monoisotopic (exact) mass is 371 g/mol. The van der Waals surface area contributed by atoms with Crippen molar-refractivity contribution in [1.82, 2.24) is 24.8 Å². The van der Waals surface area contributed by atoms with Crippen LogP contribution in [0.25, 0.3) is 5.65 Å². The third-order valence-corrected chi connectivity index (χ3v) is 5.74. The van der Waals surface area contributed by atoms with E-state index in [4.69, 9.17) is 0 Å². The average molecular weight is 372 g/mol. The molecular formula is C21H33N5O. The van der Waals surface area contributed by atoms with Crippen molar-refractivity contribution in [3.63, 3.8) is 0 Å². The molecule has 1 saturated heterocycles. The minimum absolute atomic E-state index is 0.123. The summed E-state index contributed by atoms with van der Waals surface area (Å²) in [4.78, 5) is 19.4. The summed E-state index contributed by atoms with van der Waals surface area (Å²) in [6.45, 7) is 12.6. The van der Waals surface area contributed by atoms with Crippen LogP contribution < -0.4 is 5.32 Å². The molecule has 6 heteroatoms. The van der Waals surface area contributed by atoms with E-state index >= 15 is 0 Å². The van der Waals surface area contributed by atoms with Crippen LogP contribution in [-0.2, 0) is 11.2 Å². The van der Waals surface area contributed by atoms with E-state index < -0.39 is 0 Å². The predicted molar refractivity (Wildman–Crippen MR) is 108 cm³/mol. The Labute approximate surface area is 162 Å². The Morgan fingerprint density at radius 3 is 2.74 bits per heavy atom. The Balaban J connectivity index is 1.43. The number of nitrogens with one attached hydrogen (secondary N) is 1. The van der Waals surface area contributed by atoms with Gasteiger partial charge in [0.15, 0.2) is 5.65 Å². The van der Waals surface area contributed by atoms with Crippen molar-refractivity contribution in [2.45, 2.75) is 59.8 Å². The second-order valence-corrected chi connectivity index (χ2v) is 8.04. The normalized spacial score (nSPS) is 16.1. The van der Waals surface area contributed by atoms with Crippen LogP contribution in [0.1, 0.15) is 55.3 Å². The van der Waals surface area contributed by atoms with E-state index in [-0.39, 0.29) is 5.91 Å². The summed E-state index contributed by atoms with van der Waals surface area (Å²) in [6, 6.07) is 1.99. The summed E-state index contributed by atoms with van der Waals surface area (Å²) in [5, 5.41) is 7.57. The lowest BCUT2D eigenvalue weighted by Crippen LogP contribution is -2.35. The molecule has 0 radical (unpaired) electrons. The number of nitrogens with zero attached hydrogens (tertiary/aromatic N) is 4. The molecule has 0 aromatic carbocycles. The number of amides is 1. The number of fused-ring (bicyclic) bond motifs is 1. The molecule has 0 bridgehead atoms. The predicted octanol–water partition coefficient (Wildman–Crippen LogP) is 2.83. The van der Waals surface area contributed by atoms with E-state index in [2.05, 4.69) is 34.1 Å². The lowest BCUT2D eigenvalue weighted by Gasteiger charge is -2.30. The van der Waals surface area contributed by atoms with Crippen LogP contribution in [0.5, 0.6) is 0 Å². The molecule has 6 nitrogen and oxygen atoms in total. The van der Waals surface area contributed by atoms with Gasteiger partial charge in [0, 0.05) is 30.4 Å². The molecule has 0 unspecified atom stereocenters. The second kappa shape index (κ2) is 8.83. The standard InChI is InChI=1S/C21H33N5O/c1-15-8-12-25(13-9-15)11-5-10-22-21(27)7-6-19-17(3)23-20-14-16(2)24-26(20)18(19)4/h14-15H,5-13H2,1-4H3,(H,22,27). The van der Waals surface area contributed by atoms with Gasteiger partial charge in [-0.1, -0.05) is 6.92 Å². The van der Waals surface area contributed by atoms with Gasteiger partial charge in [0.1, 0.15) is 0 Å². The number of piperidine rings is 1. The summed E-state index contributed by atoms with van der Waals surface area (Å²) in [7, 11) is 0. The van der Waals surface area contributed by atoms with Crippen molar-refractivity contribution in [2.75, 3.05) is 26.2 Å². The number of carbonyl (C=O) groups is 1. The fraction of sp³-hybridized carbons (Fsp3) is 0.667. The number of aromatic nitrogens is 3. The third kappa shape index (κ3) is 5.06. The first-order chi connectivity index (χ1) is 12.9. The summed E-state index contributed by atoms with van der Waals surface area (Å²) in [5.74, 6) is 0.991. The number of hydrogen-bond acceptors (Lipinski definition) is 4. The molecule has 1 aliphatic heterocycles. The second-order valence-electron chi connectivity index (χ2n) is 8.04. The van der Waals surface area contributed by atoms with Gasteiger partial charge in [-0.3, -0.25) is 4.79 Å². The smallest absolute Gasteiger partial charge is 0.220 e. The van der Waals surface area contributed by atoms with E-state index in [1.807, 2.05) is 24.4 Å². The largest absolute Gasteiger partial charge is 0.356 e. The first kappa shape index (κ1) is 19.8. The Kier molecular flexibility index (Phi) is 6.47. The van der Waals surface area contributed by atoms with Gasteiger partial charge in [0.05, 0.1) is 5.69 Å². The number of aryl methyl sites for hydroxylation is 3. The molecule has 1 aliphatic rings. The summed E-state index contributed by atoms with van der Waals surface area (Å²) < 4.78 is 1.88.